The summed E-state index contributed by atoms with van der Waals surface area (Å²) >= 11 is 0. The molecule has 8 nitrogen and oxygen atoms in total. The van der Waals surface area contributed by atoms with E-state index in [9.17, 15) is 9.59 Å². The van der Waals surface area contributed by atoms with Gasteiger partial charge in [-0.15, -0.1) is 0 Å². The Balaban J connectivity index is 1.54. The van der Waals surface area contributed by atoms with E-state index in [1.165, 1.54) is 14.2 Å². The number of benzene rings is 2. The Morgan fingerprint density at radius 1 is 0.818 bits per heavy atom. The molecule has 1 heterocycles. The van der Waals surface area contributed by atoms with Crippen LogP contribution in [-0.2, 0) is 21.4 Å². The zero-order valence-corrected chi connectivity index (χ0v) is 19.6. The SMILES string of the molecule is COc1ccc(C2(C(=O)N3CCCN3C(=O)Cc3ccc(OC)c(OC)c3OC)CC2)cc1. The van der Waals surface area contributed by atoms with E-state index in [-0.39, 0.29) is 18.2 Å². The van der Waals surface area contributed by atoms with Crippen LogP contribution in [0.2, 0.25) is 0 Å². The Morgan fingerprint density at radius 2 is 1.48 bits per heavy atom. The van der Waals surface area contributed by atoms with Crippen molar-refractivity contribution in [2.75, 3.05) is 41.5 Å². The number of carbonyl (C=O) groups is 2. The monoisotopic (exact) mass is 454 g/mol. The molecule has 2 aromatic carbocycles. The van der Waals surface area contributed by atoms with Crippen molar-refractivity contribution >= 4 is 11.8 Å². The average molecular weight is 455 g/mol. The normalized spacial score (nSPS) is 16.4. The molecule has 1 saturated carbocycles. The van der Waals surface area contributed by atoms with E-state index in [2.05, 4.69) is 0 Å². The second-order valence-electron chi connectivity index (χ2n) is 8.28. The molecule has 1 saturated heterocycles. The molecular formula is C25H30N2O6. The number of carbonyl (C=O) groups excluding carboxylic acids is 2. The molecule has 0 unspecified atom stereocenters. The first kappa shape index (κ1) is 22.8. The summed E-state index contributed by atoms with van der Waals surface area (Å²) in [6, 6.07) is 11.2. The van der Waals surface area contributed by atoms with Crippen LogP contribution in [0, 0.1) is 0 Å². The Bertz CT molecular complexity index is 1030. The molecule has 1 aliphatic heterocycles. The number of nitrogens with zero attached hydrogens (tertiary/aromatic N) is 2. The van der Waals surface area contributed by atoms with Crippen LogP contribution in [0.25, 0.3) is 0 Å². The second-order valence-corrected chi connectivity index (χ2v) is 8.28. The van der Waals surface area contributed by atoms with Gasteiger partial charge in [0.2, 0.25) is 11.7 Å². The van der Waals surface area contributed by atoms with Crippen molar-refractivity contribution in [1.82, 2.24) is 10.0 Å². The van der Waals surface area contributed by atoms with Crippen molar-refractivity contribution in [2.24, 2.45) is 0 Å². The molecule has 0 bridgehead atoms. The Hall–Kier alpha value is -3.42. The standard InChI is InChI=1S/C25H30N2O6/c1-30-19-9-7-18(8-10-19)25(12-13-25)24(29)27-15-5-14-26(27)21(28)16-17-6-11-20(31-2)23(33-4)22(17)32-3/h6-11H,5,12-16H2,1-4H3. The van der Waals surface area contributed by atoms with E-state index in [1.807, 2.05) is 24.3 Å². The summed E-state index contributed by atoms with van der Waals surface area (Å²) in [6.45, 7) is 1.05. The molecular weight excluding hydrogens is 424 g/mol. The van der Waals surface area contributed by atoms with Crippen molar-refractivity contribution < 1.29 is 28.5 Å². The van der Waals surface area contributed by atoms with Gasteiger partial charge in [-0.05, 0) is 43.0 Å². The summed E-state index contributed by atoms with van der Waals surface area (Å²) in [7, 11) is 6.23. The lowest BCUT2D eigenvalue weighted by molar-refractivity contribution is -0.159. The lowest BCUT2D eigenvalue weighted by Crippen LogP contribution is -2.49. The molecule has 2 amide bonds. The van der Waals surface area contributed by atoms with Crippen LogP contribution in [0.15, 0.2) is 36.4 Å². The van der Waals surface area contributed by atoms with Gasteiger partial charge in [0, 0.05) is 18.7 Å². The summed E-state index contributed by atoms with van der Waals surface area (Å²) < 4.78 is 21.5. The number of hydrogen-bond acceptors (Lipinski definition) is 6. The van der Waals surface area contributed by atoms with Crippen LogP contribution in [0.4, 0.5) is 0 Å². The fraction of sp³-hybridized carbons (Fsp3) is 0.440. The third-order valence-electron chi connectivity index (χ3n) is 6.48. The minimum Gasteiger partial charge on any atom is -0.497 e. The van der Waals surface area contributed by atoms with Gasteiger partial charge in [-0.25, -0.2) is 0 Å². The summed E-state index contributed by atoms with van der Waals surface area (Å²) in [5, 5.41) is 3.22. The number of hydrazine groups is 1. The highest BCUT2D eigenvalue weighted by atomic mass is 16.5. The second kappa shape index (κ2) is 9.21. The molecule has 1 aliphatic carbocycles. The van der Waals surface area contributed by atoms with Crippen LogP contribution in [0.5, 0.6) is 23.0 Å². The number of methoxy groups -OCH3 is 4. The minimum atomic E-state index is -0.559. The molecule has 8 heteroatoms. The van der Waals surface area contributed by atoms with Crippen molar-refractivity contribution in [2.45, 2.75) is 31.1 Å². The number of amides is 2. The maximum absolute atomic E-state index is 13.6. The van der Waals surface area contributed by atoms with Crippen molar-refractivity contribution in [1.29, 1.82) is 0 Å². The van der Waals surface area contributed by atoms with Crippen LogP contribution in [0.3, 0.4) is 0 Å². The highest BCUT2D eigenvalue weighted by Crippen LogP contribution is 2.50. The fourth-order valence-corrected chi connectivity index (χ4v) is 4.55. The summed E-state index contributed by atoms with van der Waals surface area (Å²) in [4.78, 5) is 26.9. The largest absolute Gasteiger partial charge is 0.497 e. The van der Waals surface area contributed by atoms with Gasteiger partial charge in [0.1, 0.15) is 5.75 Å². The molecule has 4 rings (SSSR count). The number of hydrogen-bond donors (Lipinski definition) is 0. The predicted molar refractivity (Wildman–Crippen MR) is 122 cm³/mol. The van der Waals surface area contributed by atoms with Crippen molar-refractivity contribution in [3.8, 4) is 23.0 Å². The third kappa shape index (κ3) is 4.05. The van der Waals surface area contributed by atoms with Crippen molar-refractivity contribution in [3.63, 3.8) is 0 Å². The molecule has 2 fully saturated rings. The van der Waals surface area contributed by atoms with Crippen LogP contribution in [-0.4, -0.2) is 63.4 Å². The molecule has 176 valence electrons. The van der Waals surface area contributed by atoms with Gasteiger partial charge in [0.25, 0.3) is 5.91 Å². The van der Waals surface area contributed by atoms with E-state index in [4.69, 9.17) is 18.9 Å². The first-order valence-corrected chi connectivity index (χ1v) is 11.0. The highest BCUT2D eigenvalue weighted by Gasteiger charge is 2.55. The molecule has 0 atom stereocenters. The van der Waals surface area contributed by atoms with Crippen LogP contribution >= 0.6 is 0 Å². The van der Waals surface area contributed by atoms with E-state index < -0.39 is 5.41 Å². The van der Waals surface area contributed by atoms with E-state index >= 15 is 0 Å². The van der Waals surface area contributed by atoms with Gasteiger partial charge in [-0.3, -0.25) is 19.6 Å². The van der Waals surface area contributed by atoms with Crippen LogP contribution < -0.4 is 18.9 Å². The molecule has 2 aromatic rings. The lowest BCUT2D eigenvalue weighted by atomic mass is 9.94. The van der Waals surface area contributed by atoms with Gasteiger partial charge in [-0.1, -0.05) is 18.2 Å². The predicted octanol–water partition coefficient (Wildman–Crippen LogP) is 2.97. The summed E-state index contributed by atoms with van der Waals surface area (Å²) in [5.41, 5.74) is 1.08. The van der Waals surface area contributed by atoms with E-state index in [0.29, 0.717) is 35.9 Å². The molecule has 33 heavy (non-hydrogen) atoms. The van der Waals surface area contributed by atoms with Gasteiger partial charge in [0.05, 0.1) is 40.3 Å². The Morgan fingerprint density at radius 3 is 2.06 bits per heavy atom. The zero-order chi connectivity index (χ0) is 23.6. The number of ether oxygens (including phenoxy) is 4. The van der Waals surface area contributed by atoms with Gasteiger partial charge in [0.15, 0.2) is 11.5 Å². The molecule has 0 radical (unpaired) electrons. The minimum absolute atomic E-state index is 0.0159. The maximum Gasteiger partial charge on any atom is 0.251 e. The van der Waals surface area contributed by atoms with E-state index in [0.717, 1.165) is 30.6 Å². The quantitative estimate of drug-likeness (QED) is 0.610. The Labute approximate surface area is 193 Å². The Kier molecular flexibility index (Phi) is 6.35. The molecule has 0 N–H and O–H groups in total. The summed E-state index contributed by atoms with van der Waals surface area (Å²) in [6.07, 6.45) is 2.39. The number of rotatable bonds is 8. The highest BCUT2D eigenvalue weighted by molar-refractivity contribution is 5.93. The van der Waals surface area contributed by atoms with Gasteiger partial charge < -0.3 is 18.9 Å². The summed E-state index contributed by atoms with van der Waals surface area (Å²) in [5.74, 6) is 2.01. The topological polar surface area (TPSA) is 77.5 Å². The average Bonchev–Trinajstić information content (AvgIpc) is 3.51. The zero-order valence-electron chi connectivity index (χ0n) is 19.6. The molecule has 0 spiro atoms. The first-order chi connectivity index (χ1) is 16.0. The lowest BCUT2D eigenvalue weighted by Gasteiger charge is -2.31. The molecule has 2 aliphatic rings. The third-order valence-corrected chi connectivity index (χ3v) is 6.48. The maximum atomic E-state index is 13.6. The van der Waals surface area contributed by atoms with Gasteiger partial charge in [-0.2, -0.15) is 0 Å². The van der Waals surface area contributed by atoms with Gasteiger partial charge >= 0.3 is 0 Å². The van der Waals surface area contributed by atoms with Crippen molar-refractivity contribution in [3.05, 3.63) is 47.5 Å². The van der Waals surface area contributed by atoms with Crippen LogP contribution in [0.1, 0.15) is 30.4 Å². The molecule has 0 aromatic heterocycles. The smallest absolute Gasteiger partial charge is 0.251 e. The first-order valence-electron chi connectivity index (χ1n) is 11.0. The van der Waals surface area contributed by atoms with E-state index in [1.54, 1.807) is 36.4 Å². The fourth-order valence-electron chi connectivity index (χ4n) is 4.55.